The first kappa shape index (κ1) is 12.9. The highest BCUT2D eigenvalue weighted by molar-refractivity contribution is 5.91. The van der Waals surface area contributed by atoms with E-state index in [1.807, 2.05) is 24.4 Å². The van der Waals surface area contributed by atoms with Crippen molar-refractivity contribution in [1.29, 1.82) is 0 Å². The fourth-order valence-electron chi connectivity index (χ4n) is 2.59. The number of rotatable bonds is 6. The van der Waals surface area contributed by atoms with Crippen molar-refractivity contribution < 1.29 is 4.79 Å². The molecule has 1 heterocycles. The standard InChI is InChI=1S/C16H19N3O/c20-15(19-10-4-7-14-17-11-12-18-14)16(8-9-16)13-5-2-1-3-6-13/h1-3,5-6,11-12H,4,7-10H2,(H,17,18)(H,19,20). The molecule has 0 bridgehead atoms. The lowest BCUT2D eigenvalue weighted by molar-refractivity contribution is -0.123. The van der Waals surface area contributed by atoms with Crippen LogP contribution in [0.1, 0.15) is 30.7 Å². The van der Waals surface area contributed by atoms with E-state index in [4.69, 9.17) is 0 Å². The summed E-state index contributed by atoms with van der Waals surface area (Å²) in [4.78, 5) is 19.6. The van der Waals surface area contributed by atoms with Gasteiger partial charge in [0.25, 0.3) is 0 Å². The van der Waals surface area contributed by atoms with Gasteiger partial charge in [-0.3, -0.25) is 4.79 Å². The second-order valence-electron chi connectivity index (χ2n) is 5.34. The van der Waals surface area contributed by atoms with E-state index in [9.17, 15) is 4.79 Å². The van der Waals surface area contributed by atoms with Crippen molar-refractivity contribution in [2.24, 2.45) is 0 Å². The first-order chi connectivity index (χ1) is 9.81. The summed E-state index contributed by atoms with van der Waals surface area (Å²) in [5, 5.41) is 3.07. The zero-order chi connectivity index (χ0) is 13.8. The summed E-state index contributed by atoms with van der Waals surface area (Å²) in [6.07, 6.45) is 7.27. The molecule has 1 aromatic heterocycles. The molecule has 4 nitrogen and oxygen atoms in total. The van der Waals surface area contributed by atoms with E-state index in [-0.39, 0.29) is 11.3 Å². The Kier molecular flexibility index (Phi) is 3.54. The molecule has 0 unspecified atom stereocenters. The number of H-pyrrole nitrogens is 1. The average molecular weight is 269 g/mol. The number of hydrogen-bond donors (Lipinski definition) is 2. The van der Waals surface area contributed by atoms with Gasteiger partial charge in [-0.2, -0.15) is 0 Å². The number of nitrogens with one attached hydrogen (secondary N) is 2. The maximum atomic E-state index is 12.4. The molecule has 20 heavy (non-hydrogen) atoms. The van der Waals surface area contributed by atoms with Gasteiger partial charge in [0, 0.05) is 25.4 Å². The molecular weight excluding hydrogens is 250 g/mol. The van der Waals surface area contributed by atoms with Crippen LogP contribution in [0.3, 0.4) is 0 Å². The van der Waals surface area contributed by atoms with Gasteiger partial charge in [-0.05, 0) is 24.8 Å². The van der Waals surface area contributed by atoms with Crippen LogP contribution < -0.4 is 5.32 Å². The Labute approximate surface area is 118 Å². The largest absolute Gasteiger partial charge is 0.355 e. The zero-order valence-corrected chi connectivity index (χ0v) is 11.4. The molecule has 1 aliphatic rings. The highest BCUT2D eigenvalue weighted by atomic mass is 16.2. The number of aromatic nitrogens is 2. The number of imidazole rings is 1. The van der Waals surface area contributed by atoms with E-state index in [1.54, 1.807) is 6.20 Å². The van der Waals surface area contributed by atoms with Crippen LogP contribution in [0.25, 0.3) is 0 Å². The molecular formula is C16H19N3O. The quantitative estimate of drug-likeness (QED) is 0.790. The molecule has 104 valence electrons. The molecule has 1 aromatic carbocycles. The zero-order valence-electron chi connectivity index (χ0n) is 11.4. The van der Waals surface area contributed by atoms with Crippen molar-refractivity contribution in [3.8, 4) is 0 Å². The normalized spacial score (nSPS) is 15.8. The van der Waals surface area contributed by atoms with Crippen molar-refractivity contribution >= 4 is 5.91 Å². The Bertz CT molecular complexity index is 559. The second-order valence-corrected chi connectivity index (χ2v) is 5.34. The summed E-state index contributed by atoms with van der Waals surface area (Å²) in [7, 11) is 0. The number of amides is 1. The molecule has 0 atom stereocenters. The van der Waals surface area contributed by atoms with Gasteiger partial charge in [0.2, 0.25) is 5.91 Å². The minimum absolute atomic E-state index is 0.170. The fraction of sp³-hybridized carbons (Fsp3) is 0.375. The van der Waals surface area contributed by atoms with Crippen LogP contribution in [-0.4, -0.2) is 22.4 Å². The SMILES string of the molecule is O=C(NCCCc1ncc[nH]1)C1(c2ccccc2)CC1. The Balaban J connectivity index is 1.50. The van der Waals surface area contributed by atoms with Crippen LogP contribution in [-0.2, 0) is 16.6 Å². The molecule has 0 spiro atoms. The van der Waals surface area contributed by atoms with E-state index >= 15 is 0 Å². The second kappa shape index (κ2) is 5.49. The maximum absolute atomic E-state index is 12.4. The molecule has 0 aliphatic heterocycles. The first-order valence-electron chi connectivity index (χ1n) is 7.13. The van der Waals surface area contributed by atoms with Gasteiger partial charge in [0.1, 0.15) is 5.82 Å². The lowest BCUT2D eigenvalue weighted by Crippen LogP contribution is -2.35. The number of hydrogen-bond acceptors (Lipinski definition) is 2. The number of aromatic amines is 1. The summed E-state index contributed by atoms with van der Waals surface area (Å²) in [5.74, 6) is 1.14. The number of carbonyl (C=O) groups excluding carboxylic acids is 1. The minimum Gasteiger partial charge on any atom is -0.355 e. The number of aryl methyl sites for hydroxylation is 1. The van der Waals surface area contributed by atoms with Crippen LogP contribution in [0.4, 0.5) is 0 Å². The third-order valence-electron chi connectivity index (χ3n) is 3.94. The third kappa shape index (κ3) is 2.59. The lowest BCUT2D eigenvalue weighted by atomic mass is 9.95. The number of benzene rings is 1. The highest BCUT2D eigenvalue weighted by Crippen LogP contribution is 2.48. The Morgan fingerprint density at radius 2 is 2.10 bits per heavy atom. The summed E-state index contributed by atoms with van der Waals surface area (Å²) in [6, 6.07) is 10.1. The third-order valence-corrected chi connectivity index (χ3v) is 3.94. The van der Waals surface area contributed by atoms with E-state index < -0.39 is 0 Å². The number of carbonyl (C=O) groups is 1. The van der Waals surface area contributed by atoms with E-state index in [1.165, 1.54) is 0 Å². The molecule has 1 fully saturated rings. The summed E-state index contributed by atoms with van der Waals surface area (Å²) in [5.41, 5.74) is 0.884. The molecule has 2 N–H and O–H groups in total. The Morgan fingerprint density at radius 3 is 2.75 bits per heavy atom. The van der Waals surface area contributed by atoms with Crippen LogP contribution >= 0.6 is 0 Å². The van der Waals surface area contributed by atoms with Gasteiger partial charge in [0.15, 0.2) is 0 Å². The van der Waals surface area contributed by atoms with Gasteiger partial charge in [-0.25, -0.2) is 4.98 Å². The molecule has 4 heteroatoms. The number of nitrogens with zero attached hydrogens (tertiary/aromatic N) is 1. The summed E-state index contributed by atoms with van der Waals surface area (Å²) < 4.78 is 0. The van der Waals surface area contributed by atoms with E-state index in [2.05, 4.69) is 27.4 Å². The van der Waals surface area contributed by atoms with Gasteiger partial charge in [-0.15, -0.1) is 0 Å². The molecule has 0 saturated heterocycles. The molecule has 3 rings (SSSR count). The van der Waals surface area contributed by atoms with Gasteiger partial charge in [0.05, 0.1) is 5.41 Å². The van der Waals surface area contributed by atoms with Crippen LogP contribution in [0.15, 0.2) is 42.7 Å². The monoisotopic (exact) mass is 269 g/mol. The topological polar surface area (TPSA) is 57.8 Å². The smallest absolute Gasteiger partial charge is 0.230 e. The summed E-state index contributed by atoms with van der Waals surface area (Å²) in [6.45, 7) is 0.702. The van der Waals surface area contributed by atoms with Crippen LogP contribution in [0.5, 0.6) is 0 Å². The van der Waals surface area contributed by atoms with Crippen molar-refractivity contribution in [2.75, 3.05) is 6.54 Å². The predicted octanol–water partition coefficient (Wildman–Crippen LogP) is 2.19. The van der Waals surface area contributed by atoms with Crippen molar-refractivity contribution in [2.45, 2.75) is 31.1 Å². The van der Waals surface area contributed by atoms with Crippen molar-refractivity contribution in [3.63, 3.8) is 0 Å². The molecule has 0 radical (unpaired) electrons. The molecule has 2 aromatic rings. The lowest BCUT2D eigenvalue weighted by Gasteiger charge is -2.15. The predicted molar refractivity (Wildman–Crippen MR) is 77.3 cm³/mol. The van der Waals surface area contributed by atoms with Crippen molar-refractivity contribution in [3.05, 3.63) is 54.1 Å². The fourth-order valence-corrected chi connectivity index (χ4v) is 2.59. The van der Waals surface area contributed by atoms with Crippen LogP contribution in [0, 0.1) is 0 Å². The molecule has 1 aliphatic carbocycles. The average Bonchev–Trinajstić information content (AvgIpc) is 3.15. The molecule has 1 saturated carbocycles. The summed E-state index contributed by atoms with van der Waals surface area (Å²) >= 11 is 0. The Hall–Kier alpha value is -2.10. The Morgan fingerprint density at radius 1 is 1.30 bits per heavy atom. The maximum Gasteiger partial charge on any atom is 0.230 e. The highest BCUT2D eigenvalue weighted by Gasteiger charge is 2.50. The first-order valence-corrected chi connectivity index (χ1v) is 7.13. The van der Waals surface area contributed by atoms with E-state index in [0.717, 1.165) is 37.1 Å². The van der Waals surface area contributed by atoms with Gasteiger partial charge < -0.3 is 10.3 Å². The van der Waals surface area contributed by atoms with Crippen LogP contribution in [0.2, 0.25) is 0 Å². The molecule has 1 amide bonds. The minimum atomic E-state index is -0.258. The van der Waals surface area contributed by atoms with Gasteiger partial charge in [-0.1, -0.05) is 30.3 Å². The van der Waals surface area contributed by atoms with Crippen molar-refractivity contribution in [1.82, 2.24) is 15.3 Å². The van der Waals surface area contributed by atoms with Gasteiger partial charge >= 0.3 is 0 Å². The van der Waals surface area contributed by atoms with E-state index in [0.29, 0.717) is 6.54 Å².